The molecule has 4 heteroatoms. The molecule has 0 N–H and O–H groups in total. The Morgan fingerprint density at radius 3 is 1.38 bits per heavy atom. The number of hydrogen-bond donors (Lipinski definition) is 0. The number of hydrogen-bond acceptors (Lipinski definition) is 4. The van der Waals surface area contributed by atoms with Crippen molar-refractivity contribution in [2.24, 2.45) is 0 Å². The summed E-state index contributed by atoms with van der Waals surface area (Å²) in [6.45, 7) is 8.88. The van der Waals surface area contributed by atoms with Crippen LogP contribution in [-0.2, 0) is 18.9 Å². The van der Waals surface area contributed by atoms with E-state index in [1.807, 2.05) is 27.7 Å². The lowest BCUT2D eigenvalue weighted by atomic mass is 10.2. The summed E-state index contributed by atoms with van der Waals surface area (Å²) in [5.74, 6) is 17.3. The van der Waals surface area contributed by atoms with Crippen molar-refractivity contribution in [2.75, 3.05) is 13.2 Å². The number of rotatable bonds is 2. The monoisotopic (exact) mass is 330 g/mol. The normalized spacial score (nSPS) is 26.5. The molecule has 0 bridgehead atoms. The van der Waals surface area contributed by atoms with Crippen LogP contribution in [0.3, 0.4) is 0 Å². The second-order valence-corrected chi connectivity index (χ2v) is 6.72. The molecule has 0 aromatic rings. The topological polar surface area (TPSA) is 36.9 Å². The molecule has 4 nitrogen and oxygen atoms in total. The third-order valence-electron chi connectivity index (χ3n) is 3.52. The fourth-order valence-corrected chi connectivity index (χ4v) is 2.44. The summed E-state index contributed by atoms with van der Waals surface area (Å²) in [4.78, 5) is 0. The summed E-state index contributed by atoms with van der Waals surface area (Å²) < 4.78 is 22.3. The van der Waals surface area contributed by atoms with Gasteiger partial charge in [-0.05, 0) is 27.7 Å². The first kappa shape index (κ1) is 18.9. The fraction of sp³-hybridized carbons (Fsp3) is 0.700. The Labute approximate surface area is 145 Å². The highest BCUT2D eigenvalue weighted by atomic mass is 16.7. The molecule has 2 aliphatic rings. The van der Waals surface area contributed by atoms with E-state index in [0.29, 0.717) is 38.9 Å². The van der Waals surface area contributed by atoms with Crippen LogP contribution in [0.1, 0.15) is 53.4 Å². The SMILES string of the molecule is CC1(C)OCC(CC#CCC#CCC#CCC2COC(C)(C)O2)O1. The largest absolute Gasteiger partial charge is 0.348 e. The van der Waals surface area contributed by atoms with E-state index in [0.717, 1.165) is 0 Å². The van der Waals surface area contributed by atoms with Crippen LogP contribution in [0.5, 0.6) is 0 Å². The van der Waals surface area contributed by atoms with E-state index < -0.39 is 11.6 Å². The Balaban J connectivity index is 1.55. The molecule has 2 saturated heterocycles. The molecule has 2 fully saturated rings. The Morgan fingerprint density at radius 1 is 0.667 bits per heavy atom. The summed E-state index contributed by atoms with van der Waals surface area (Å²) in [6.07, 6.45) is 2.63. The maximum absolute atomic E-state index is 5.68. The zero-order valence-corrected chi connectivity index (χ0v) is 15.0. The van der Waals surface area contributed by atoms with Gasteiger partial charge < -0.3 is 18.9 Å². The van der Waals surface area contributed by atoms with Crippen LogP contribution < -0.4 is 0 Å². The summed E-state index contributed by atoms with van der Waals surface area (Å²) >= 11 is 0. The first-order valence-electron chi connectivity index (χ1n) is 8.37. The van der Waals surface area contributed by atoms with Crippen LogP contribution in [0.25, 0.3) is 0 Å². The quantitative estimate of drug-likeness (QED) is 0.730. The van der Waals surface area contributed by atoms with Crippen LogP contribution in [-0.4, -0.2) is 37.0 Å². The Hall–Kier alpha value is -1.48. The molecule has 130 valence electrons. The van der Waals surface area contributed by atoms with Crippen LogP contribution in [0.15, 0.2) is 0 Å². The highest BCUT2D eigenvalue weighted by Crippen LogP contribution is 2.24. The van der Waals surface area contributed by atoms with Gasteiger partial charge in [0.2, 0.25) is 0 Å². The lowest BCUT2D eigenvalue weighted by molar-refractivity contribution is -0.138. The molecule has 2 atom stereocenters. The lowest BCUT2D eigenvalue weighted by Gasteiger charge is -2.15. The van der Waals surface area contributed by atoms with Crippen LogP contribution >= 0.6 is 0 Å². The minimum atomic E-state index is -0.476. The van der Waals surface area contributed by atoms with Gasteiger partial charge in [0.1, 0.15) is 0 Å². The van der Waals surface area contributed by atoms with Gasteiger partial charge in [0, 0.05) is 12.8 Å². The maximum atomic E-state index is 5.68. The molecule has 24 heavy (non-hydrogen) atoms. The van der Waals surface area contributed by atoms with Gasteiger partial charge in [-0.3, -0.25) is 0 Å². The summed E-state index contributed by atoms with van der Waals surface area (Å²) in [7, 11) is 0. The van der Waals surface area contributed by atoms with E-state index >= 15 is 0 Å². The van der Waals surface area contributed by atoms with E-state index in [4.69, 9.17) is 18.9 Å². The van der Waals surface area contributed by atoms with Crippen molar-refractivity contribution in [1.82, 2.24) is 0 Å². The van der Waals surface area contributed by atoms with Crippen LogP contribution in [0, 0.1) is 35.5 Å². The Kier molecular flexibility index (Phi) is 6.73. The van der Waals surface area contributed by atoms with Crippen LogP contribution in [0.2, 0.25) is 0 Å². The van der Waals surface area contributed by atoms with E-state index in [9.17, 15) is 0 Å². The first-order chi connectivity index (χ1) is 11.4. The lowest BCUT2D eigenvalue weighted by Crippen LogP contribution is -2.21. The predicted octanol–water partition coefficient (Wildman–Crippen LogP) is 2.86. The maximum Gasteiger partial charge on any atom is 0.163 e. The molecule has 0 amide bonds. The van der Waals surface area contributed by atoms with Crippen molar-refractivity contribution >= 4 is 0 Å². The molecule has 0 aromatic heterocycles. The molecule has 2 aliphatic heterocycles. The molecule has 0 aliphatic carbocycles. The second-order valence-electron chi connectivity index (χ2n) is 6.72. The van der Waals surface area contributed by atoms with Crippen molar-refractivity contribution < 1.29 is 18.9 Å². The van der Waals surface area contributed by atoms with Crippen molar-refractivity contribution in [2.45, 2.75) is 77.2 Å². The van der Waals surface area contributed by atoms with Gasteiger partial charge in [0.15, 0.2) is 11.6 Å². The van der Waals surface area contributed by atoms with Crippen molar-refractivity contribution in [3.05, 3.63) is 0 Å². The van der Waals surface area contributed by atoms with Gasteiger partial charge in [0.25, 0.3) is 0 Å². The van der Waals surface area contributed by atoms with Gasteiger partial charge in [-0.25, -0.2) is 0 Å². The van der Waals surface area contributed by atoms with Gasteiger partial charge in [-0.2, -0.15) is 0 Å². The molecular weight excluding hydrogens is 304 g/mol. The summed E-state index contributed by atoms with van der Waals surface area (Å²) in [5.41, 5.74) is 0. The predicted molar refractivity (Wildman–Crippen MR) is 91.6 cm³/mol. The summed E-state index contributed by atoms with van der Waals surface area (Å²) in [6, 6.07) is 0. The highest BCUT2D eigenvalue weighted by molar-refractivity contribution is 5.16. The smallest absolute Gasteiger partial charge is 0.163 e. The average molecular weight is 330 g/mol. The highest BCUT2D eigenvalue weighted by Gasteiger charge is 2.32. The molecule has 2 rings (SSSR count). The van der Waals surface area contributed by atoms with E-state index in [1.165, 1.54) is 0 Å². The molecule has 2 unspecified atom stereocenters. The zero-order valence-electron chi connectivity index (χ0n) is 15.0. The van der Waals surface area contributed by atoms with Crippen LogP contribution in [0.4, 0.5) is 0 Å². The minimum Gasteiger partial charge on any atom is -0.348 e. The summed E-state index contributed by atoms with van der Waals surface area (Å²) in [5, 5.41) is 0. The van der Waals surface area contributed by atoms with Crippen molar-refractivity contribution in [3.8, 4) is 35.5 Å². The number of ether oxygens (including phenoxy) is 4. The van der Waals surface area contributed by atoms with Crippen molar-refractivity contribution in [3.63, 3.8) is 0 Å². The second kappa shape index (κ2) is 8.57. The molecule has 0 radical (unpaired) electrons. The van der Waals surface area contributed by atoms with Crippen molar-refractivity contribution in [1.29, 1.82) is 0 Å². The molecule has 0 aromatic carbocycles. The molecule has 0 saturated carbocycles. The third-order valence-corrected chi connectivity index (χ3v) is 3.52. The standard InChI is InChI=1S/C20H26O4/c1-19(2)21-15-17(23-19)13-11-9-7-5-6-8-10-12-14-18-16-22-20(3,4)24-18/h17-18H,7-8,13-16H2,1-4H3. The molecule has 0 spiro atoms. The Morgan fingerprint density at radius 2 is 1.04 bits per heavy atom. The average Bonchev–Trinajstić information content (AvgIpc) is 3.02. The van der Waals surface area contributed by atoms with Gasteiger partial charge in [-0.15, -0.1) is 0 Å². The van der Waals surface area contributed by atoms with Gasteiger partial charge >= 0.3 is 0 Å². The fourth-order valence-electron chi connectivity index (χ4n) is 2.44. The Bertz CT molecular complexity index is 549. The minimum absolute atomic E-state index is 0.0677. The first-order valence-corrected chi connectivity index (χ1v) is 8.37. The zero-order chi connectivity index (χ0) is 17.5. The molecule has 2 heterocycles. The van der Waals surface area contributed by atoms with Gasteiger partial charge in [-0.1, -0.05) is 35.5 Å². The third kappa shape index (κ3) is 6.96. The van der Waals surface area contributed by atoms with Gasteiger partial charge in [0.05, 0.1) is 38.3 Å². The van der Waals surface area contributed by atoms with E-state index in [1.54, 1.807) is 0 Å². The molecular formula is C20H26O4. The van der Waals surface area contributed by atoms with E-state index in [-0.39, 0.29) is 12.2 Å². The van der Waals surface area contributed by atoms with E-state index in [2.05, 4.69) is 35.5 Å².